The van der Waals surface area contributed by atoms with E-state index in [1.807, 2.05) is 0 Å². The predicted octanol–water partition coefficient (Wildman–Crippen LogP) is 3.42. The van der Waals surface area contributed by atoms with E-state index in [-0.39, 0.29) is 16.0 Å². The molecule has 29 heavy (non-hydrogen) atoms. The van der Waals surface area contributed by atoms with E-state index in [9.17, 15) is 13.2 Å². The summed E-state index contributed by atoms with van der Waals surface area (Å²) in [6.07, 6.45) is 0.991. The van der Waals surface area contributed by atoms with E-state index >= 15 is 0 Å². The van der Waals surface area contributed by atoms with Crippen molar-refractivity contribution in [2.24, 2.45) is 11.1 Å². The van der Waals surface area contributed by atoms with E-state index < -0.39 is 10.0 Å². The lowest BCUT2D eigenvalue weighted by Gasteiger charge is -2.45. The molecule has 148 valence electrons. The fourth-order valence-electron chi connectivity index (χ4n) is 4.87. The third-order valence-electron chi connectivity index (χ3n) is 6.07. The fraction of sp³-hybridized carbons (Fsp3) is 0.227. The zero-order valence-corrected chi connectivity index (χ0v) is 17.2. The zero-order valence-electron chi connectivity index (χ0n) is 15.5. The summed E-state index contributed by atoms with van der Waals surface area (Å²) < 4.78 is 22.9. The number of fused-ring (bicyclic) bond motifs is 1. The van der Waals surface area contributed by atoms with Gasteiger partial charge < -0.3 is 5.32 Å². The Morgan fingerprint density at radius 2 is 1.62 bits per heavy atom. The number of rotatable bonds is 4. The summed E-state index contributed by atoms with van der Waals surface area (Å²) in [5, 5.41) is 9.69. The van der Waals surface area contributed by atoms with Crippen LogP contribution in [0.2, 0.25) is 0 Å². The molecule has 0 spiro atoms. The Bertz CT molecular complexity index is 1170. The Labute approximate surface area is 173 Å². The highest BCUT2D eigenvalue weighted by atomic mass is 32.2. The molecule has 0 saturated carbocycles. The number of primary sulfonamides is 1. The summed E-state index contributed by atoms with van der Waals surface area (Å²) in [5.74, 6) is 0.642. The first-order chi connectivity index (χ1) is 13.9. The Balaban J connectivity index is 1.39. The molecule has 1 atom stereocenters. The maximum atomic E-state index is 12.6. The smallest absolute Gasteiger partial charge is 0.252 e. The lowest BCUT2D eigenvalue weighted by Crippen LogP contribution is -2.39. The lowest BCUT2D eigenvalue weighted by atomic mass is 9.59. The number of carbonyl (C=O) groups excluding carboxylic acids is 1. The highest BCUT2D eigenvalue weighted by Crippen LogP contribution is 2.55. The molecule has 3 aliphatic rings. The van der Waals surface area contributed by atoms with Crippen molar-refractivity contribution in [2.45, 2.75) is 22.5 Å². The second-order valence-corrected chi connectivity index (χ2v) is 10.4. The van der Waals surface area contributed by atoms with Crippen molar-refractivity contribution < 1.29 is 13.2 Å². The Morgan fingerprint density at radius 3 is 2.17 bits per heavy atom. The average molecular weight is 425 g/mol. The predicted molar refractivity (Wildman–Crippen MR) is 113 cm³/mol. The number of amides is 1. The van der Waals surface area contributed by atoms with Crippen LogP contribution in [0.5, 0.6) is 0 Å². The van der Waals surface area contributed by atoms with Gasteiger partial charge in [-0.3, -0.25) is 4.79 Å². The molecule has 0 saturated heterocycles. The largest absolute Gasteiger partial charge is 0.352 e. The Kier molecular flexibility index (Phi) is 4.34. The van der Waals surface area contributed by atoms with Crippen LogP contribution in [0.4, 0.5) is 0 Å². The number of sulfonamides is 1. The molecule has 5 nitrogen and oxygen atoms in total. The van der Waals surface area contributed by atoms with E-state index in [2.05, 4.69) is 53.8 Å². The van der Waals surface area contributed by atoms with Gasteiger partial charge in [0.25, 0.3) is 5.91 Å². The summed E-state index contributed by atoms with van der Waals surface area (Å²) in [4.78, 5) is 12.6. The van der Waals surface area contributed by atoms with E-state index in [1.54, 1.807) is 0 Å². The molecule has 1 amide bonds. The van der Waals surface area contributed by atoms with Gasteiger partial charge in [0.15, 0.2) is 0 Å². The average Bonchev–Trinajstić information content (AvgIpc) is 3.23. The minimum atomic E-state index is -3.79. The van der Waals surface area contributed by atoms with Crippen molar-refractivity contribution in [1.29, 1.82) is 0 Å². The van der Waals surface area contributed by atoms with Gasteiger partial charge in [0.1, 0.15) is 4.21 Å². The summed E-state index contributed by atoms with van der Waals surface area (Å²) >= 11 is 0.966. The first-order valence-electron chi connectivity index (χ1n) is 9.50. The van der Waals surface area contributed by atoms with Crippen LogP contribution in [0, 0.1) is 5.92 Å². The van der Waals surface area contributed by atoms with E-state index in [1.165, 1.54) is 33.7 Å². The number of thiophene rings is 1. The second-order valence-electron chi connectivity index (χ2n) is 7.69. The highest BCUT2D eigenvalue weighted by molar-refractivity contribution is 7.91. The first-order valence-corrected chi connectivity index (χ1v) is 11.9. The summed E-state index contributed by atoms with van der Waals surface area (Å²) in [6.45, 7) is 0.545. The number of hydrogen-bond acceptors (Lipinski definition) is 4. The van der Waals surface area contributed by atoms with E-state index in [0.717, 1.165) is 17.8 Å². The summed E-state index contributed by atoms with van der Waals surface area (Å²) in [5.41, 5.74) is 5.84. The van der Waals surface area contributed by atoms with Crippen molar-refractivity contribution in [3.05, 3.63) is 87.8 Å². The molecule has 1 aromatic heterocycles. The van der Waals surface area contributed by atoms with Crippen LogP contribution in [0.1, 0.15) is 50.9 Å². The van der Waals surface area contributed by atoms with Gasteiger partial charge in [0.05, 0.1) is 5.56 Å². The maximum absolute atomic E-state index is 12.6. The van der Waals surface area contributed by atoms with Crippen molar-refractivity contribution in [3.8, 4) is 0 Å². The van der Waals surface area contributed by atoms with Crippen LogP contribution in [-0.4, -0.2) is 20.9 Å². The molecule has 7 heteroatoms. The first kappa shape index (κ1) is 18.5. The third-order valence-corrected chi connectivity index (χ3v) is 8.45. The van der Waals surface area contributed by atoms with Crippen LogP contribution in [-0.2, 0) is 10.0 Å². The van der Waals surface area contributed by atoms with E-state index in [0.29, 0.717) is 23.9 Å². The third kappa shape index (κ3) is 3.10. The molecule has 6 rings (SSSR count). The maximum Gasteiger partial charge on any atom is 0.252 e. The molecule has 1 unspecified atom stereocenters. The number of carbonyl (C=O) groups is 1. The quantitative estimate of drug-likeness (QED) is 0.672. The van der Waals surface area contributed by atoms with Crippen LogP contribution in [0.25, 0.3) is 0 Å². The fourth-order valence-corrected chi connectivity index (χ4v) is 6.46. The molecule has 3 aliphatic carbocycles. The summed E-state index contributed by atoms with van der Waals surface area (Å²) in [7, 11) is -3.79. The molecule has 0 fully saturated rings. The minimum absolute atomic E-state index is 0.00206. The normalized spacial score (nSPS) is 22.0. The van der Waals surface area contributed by atoms with Gasteiger partial charge in [-0.15, -0.1) is 11.3 Å². The van der Waals surface area contributed by atoms with Crippen LogP contribution in [0.3, 0.4) is 0 Å². The topological polar surface area (TPSA) is 89.3 Å². The van der Waals surface area contributed by atoms with Crippen molar-refractivity contribution in [2.75, 3.05) is 6.54 Å². The van der Waals surface area contributed by atoms with E-state index in [4.69, 9.17) is 5.14 Å². The zero-order chi connectivity index (χ0) is 20.2. The Hall–Kier alpha value is -2.48. The summed E-state index contributed by atoms with van der Waals surface area (Å²) in [6, 6.07) is 18.5. The van der Waals surface area contributed by atoms with Crippen molar-refractivity contribution in [3.63, 3.8) is 0 Å². The molecule has 3 aromatic rings. The van der Waals surface area contributed by atoms with Crippen molar-refractivity contribution in [1.82, 2.24) is 5.32 Å². The van der Waals surface area contributed by atoms with Crippen LogP contribution >= 0.6 is 11.3 Å². The minimum Gasteiger partial charge on any atom is -0.352 e. The molecule has 2 bridgehead atoms. The second kappa shape index (κ2) is 6.79. The monoisotopic (exact) mass is 424 g/mol. The molecule has 3 N–H and O–H groups in total. The van der Waals surface area contributed by atoms with Gasteiger partial charge in [-0.25, -0.2) is 13.6 Å². The van der Waals surface area contributed by atoms with Gasteiger partial charge in [-0.05, 0) is 40.7 Å². The SMILES string of the molecule is NS(=O)(=O)c1cc(C(=O)NCC2CC3c4ccccc4C2c2ccccc23)cs1. The number of nitrogens with one attached hydrogen (secondary N) is 1. The lowest BCUT2D eigenvalue weighted by molar-refractivity contribution is 0.0943. The van der Waals surface area contributed by atoms with Crippen LogP contribution < -0.4 is 10.5 Å². The van der Waals surface area contributed by atoms with Gasteiger partial charge in [-0.1, -0.05) is 48.5 Å². The van der Waals surface area contributed by atoms with Gasteiger partial charge in [0, 0.05) is 23.8 Å². The molecular formula is C22H20N2O3S2. The van der Waals surface area contributed by atoms with Gasteiger partial charge in [0.2, 0.25) is 10.0 Å². The number of hydrogen-bond donors (Lipinski definition) is 2. The van der Waals surface area contributed by atoms with Gasteiger partial charge >= 0.3 is 0 Å². The molecule has 0 aliphatic heterocycles. The van der Waals surface area contributed by atoms with Crippen molar-refractivity contribution >= 4 is 27.3 Å². The standard InChI is InChI=1S/C22H20N2O3S2/c23-29(26,27)20-10-14(12-28-20)22(25)24-11-13-9-19-15-5-1-3-7-17(15)21(13)18-8-4-2-6-16(18)19/h1-8,10,12-13,19,21H,9,11H2,(H,24,25)(H2,23,26,27). The van der Waals surface area contributed by atoms with Crippen LogP contribution in [0.15, 0.2) is 64.2 Å². The number of benzene rings is 2. The molecular weight excluding hydrogens is 404 g/mol. The Morgan fingerprint density at radius 1 is 1.03 bits per heavy atom. The molecule has 1 heterocycles. The molecule has 2 aromatic carbocycles. The van der Waals surface area contributed by atoms with Gasteiger partial charge in [-0.2, -0.15) is 0 Å². The number of nitrogens with two attached hydrogens (primary N) is 1. The highest BCUT2D eigenvalue weighted by Gasteiger charge is 2.42. The molecule has 0 radical (unpaired) electrons.